The monoisotopic (exact) mass is 474 g/mol. The Labute approximate surface area is 191 Å². The molecule has 3 aliphatic rings. The molecule has 2 amide bonds. The van der Waals surface area contributed by atoms with Gasteiger partial charge in [-0.3, -0.25) is 20.0 Å². The van der Waals surface area contributed by atoms with Gasteiger partial charge in [0.1, 0.15) is 17.3 Å². The molecule has 0 spiro atoms. The predicted molar refractivity (Wildman–Crippen MR) is 110 cm³/mol. The number of rotatable bonds is 3. The van der Waals surface area contributed by atoms with Gasteiger partial charge in [-0.15, -0.1) is 0 Å². The van der Waals surface area contributed by atoms with Gasteiger partial charge in [0, 0.05) is 19.2 Å². The van der Waals surface area contributed by atoms with Gasteiger partial charge in [0.15, 0.2) is 0 Å². The molecule has 1 unspecified atom stereocenters. The van der Waals surface area contributed by atoms with Crippen molar-refractivity contribution >= 4 is 11.8 Å². The Bertz CT molecular complexity index is 1270. The van der Waals surface area contributed by atoms with Crippen molar-refractivity contribution < 1.29 is 31.6 Å². The highest BCUT2D eigenvalue weighted by molar-refractivity contribution is 5.95. The van der Waals surface area contributed by atoms with Crippen molar-refractivity contribution in [3.63, 3.8) is 0 Å². The lowest BCUT2D eigenvalue weighted by Crippen LogP contribution is -2.47. The molecule has 1 aromatic carbocycles. The first kappa shape index (κ1) is 21.9. The van der Waals surface area contributed by atoms with E-state index in [2.05, 4.69) is 10.4 Å². The number of carbonyl (C=O) groups excluding carboxylic acids is 2. The van der Waals surface area contributed by atoms with Crippen LogP contribution < -0.4 is 5.43 Å². The maximum absolute atomic E-state index is 14.6. The summed E-state index contributed by atoms with van der Waals surface area (Å²) in [6.45, 7) is -0.440. The zero-order valence-corrected chi connectivity index (χ0v) is 17.8. The highest BCUT2D eigenvalue weighted by Gasteiger charge is 2.41. The summed E-state index contributed by atoms with van der Waals surface area (Å²) in [5.74, 6) is -3.44. The fraction of sp³-hybridized carbons (Fsp3) is 0.261. The van der Waals surface area contributed by atoms with E-state index in [-0.39, 0.29) is 36.0 Å². The standard InChI is InChI=1S/C23H18F4N4O3/c1-30-18(13-4-2-3-5-14(13)20(32)29-30)9-12-6-7-16(24)15(8-12)21(33)31-10-17-19(11-31)34-22(28-17)23(25,26)27/h2-8,14H,9-11H2,1H3,(H,29,32). The Morgan fingerprint density at radius 1 is 1.26 bits per heavy atom. The van der Waals surface area contributed by atoms with Gasteiger partial charge in [0.25, 0.3) is 5.91 Å². The van der Waals surface area contributed by atoms with E-state index in [9.17, 15) is 27.2 Å². The number of benzene rings is 1. The first-order chi connectivity index (χ1) is 16.1. The topological polar surface area (TPSA) is 78.7 Å². The summed E-state index contributed by atoms with van der Waals surface area (Å²) in [7, 11) is 1.70. The summed E-state index contributed by atoms with van der Waals surface area (Å²) in [5.41, 5.74) is 4.80. The molecule has 0 saturated heterocycles. The molecule has 0 fully saturated rings. The summed E-state index contributed by atoms with van der Waals surface area (Å²) in [6, 6.07) is 4.14. The first-order valence-corrected chi connectivity index (χ1v) is 10.4. The van der Waals surface area contributed by atoms with Gasteiger partial charge < -0.3 is 9.32 Å². The minimum Gasteiger partial charge on any atom is -0.436 e. The number of likely N-dealkylation sites (N-methyl/N-ethyl adjacent to an activating group) is 1. The number of carbonyl (C=O) groups is 2. The van der Waals surface area contributed by atoms with Crippen molar-refractivity contribution in [2.45, 2.75) is 25.7 Å². The van der Waals surface area contributed by atoms with Crippen molar-refractivity contribution in [3.8, 4) is 0 Å². The first-order valence-electron chi connectivity index (χ1n) is 10.4. The molecule has 11 heteroatoms. The number of nitrogens with zero attached hydrogens (tertiary/aromatic N) is 3. The average Bonchev–Trinajstić information content (AvgIpc) is 3.37. The molecule has 0 saturated carbocycles. The third-order valence-electron chi connectivity index (χ3n) is 5.94. The minimum atomic E-state index is -4.72. The second kappa shape index (κ2) is 7.86. The van der Waals surface area contributed by atoms with Gasteiger partial charge in [-0.05, 0) is 23.3 Å². The van der Waals surface area contributed by atoms with Crippen LogP contribution in [0.1, 0.15) is 33.3 Å². The van der Waals surface area contributed by atoms with Crippen molar-refractivity contribution in [2.24, 2.45) is 5.92 Å². The quantitative estimate of drug-likeness (QED) is 0.689. The van der Waals surface area contributed by atoms with Gasteiger partial charge in [0.2, 0.25) is 5.91 Å². The summed E-state index contributed by atoms with van der Waals surface area (Å²) in [6.07, 6.45) is 2.84. The average molecular weight is 474 g/mol. The number of fused-ring (bicyclic) bond motifs is 2. The highest BCUT2D eigenvalue weighted by atomic mass is 19.4. The number of hydrogen-bond donors (Lipinski definition) is 1. The number of allylic oxidation sites excluding steroid dienone is 4. The summed E-state index contributed by atoms with van der Waals surface area (Å²) < 4.78 is 57.7. The zero-order chi connectivity index (χ0) is 24.2. The van der Waals surface area contributed by atoms with Crippen LogP contribution in [0.3, 0.4) is 0 Å². The Balaban J connectivity index is 1.39. The molecular formula is C23H18F4N4O3. The maximum atomic E-state index is 14.6. The van der Waals surface area contributed by atoms with Crippen LogP contribution >= 0.6 is 0 Å². The van der Waals surface area contributed by atoms with Crippen LogP contribution in [0.2, 0.25) is 0 Å². The Morgan fingerprint density at radius 2 is 2.06 bits per heavy atom. The van der Waals surface area contributed by atoms with Crippen molar-refractivity contribution in [1.82, 2.24) is 20.3 Å². The van der Waals surface area contributed by atoms with Gasteiger partial charge in [-0.2, -0.15) is 13.2 Å². The lowest BCUT2D eigenvalue weighted by Gasteiger charge is -2.34. The molecule has 0 radical (unpaired) electrons. The SMILES string of the molecule is CN1NC(=O)C2C=CC=CC2=C1Cc1ccc(F)c(C(=O)N2Cc3nc(C(F)(F)F)oc3C2)c1. The van der Waals surface area contributed by atoms with E-state index in [1.54, 1.807) is 30.3 Å². The zero-order valence-electron chi connectivity index (χ0n) is 17.8. The molecule has 1 aliphatic carbocycles. The second-order valence-electron chi connectivity index (χ2n) is 8.20. The Morgan fingerprint density at radius 3 is 2.79 bits per heavy atom. The van der Waals surface area contributed by atoms with Crippen LogP contribution in [0.25, 0.3) is 0 Å². The summed E-state index contributed by atoms with van der Waals surface area (Å²) in [5, 5.41) is 1.60. The van der Waals surface area contributed by atoms with E-state index in [0.29, 0.717) is 12.0 Å². The van der Waals surface area contributed by atoms with E-state index < -0.39 is 29.7 Å². The van der Waals surface area contributed by atoms with Crippen LogP contribution in [-0.2, 0) is 30.5 Å². The molecule has 34 heavy (non-hydrogen) atoms. The smallest absolute Gasteiger partial charge is 0.436 e. The van der Waals surface area contributed by atoms with Gasteiger partial charge in [-0.25, -0.2) is 9.37 Å². The normalized spacial score (nSPS) is 19.4. The third kappa shape index (κ3) is 3.76. The van der Waals surface area contributed by atoms with Gasteiger partial charge >= 0.3 is 12.1 Å². The largest absolute Gasteiger partial charge is 0.468 e. The van der Waals surface area contributed by atoms with Crippen LogP contribution in [0, 0.1) is 11.7 Å². The summed E-state index contributed by atoms with van der Waals surface area (Å²) in [4.78, 5) is 29.9. The highest BCUT2D eigenvalue weighted by Crippen LogP contribution is 2.34. The number of hydrazine groups is 1. The number of nitrogens with one attached hydrogen (secondary N) is 1. The van der Waals surface area contributed by atoms with Crippen LogP contribution in [0.15, 0.2) is 58.2 Å². The van der Waals surface area contributed by atoms with Crippen LogP contribution in [0.4, 0.5) is 17.6 Å². The fourth-order valence-electron chi connectivity index (χ4n) is 4.28. The predicted octanol–water partition coefficient (Wildman–Crippen LogP) is 3.50. The van der Waals surface area contributed by atoms with Crippen LogP contribution in [0.5, 0.6) is 0 Å². The molecular weight excluding hydrogens is 456 g/mol. The van der Waals surface area contributed by atoms with Crippen LogP contribution in [-0.4, -0.2) is 33.8 Å². The van der Waals surface area contributed by atoms with Crippen molar-refractivity contribution in [2.75, 3.05) is 7.05 Å². The minimum absolute atomic E-state index is 0.00643. The molecule has 3 heterocycles. The van der Waals surface area contributed by atoms with Crippen molar-refractivity contribution in [1.29, 1.82) is 0 Å². The number of oxazole rings is 1. The number of alkyl halides is 3. The van der Waals surface area contributed by atoms with E-state index >= 15 is 0 Å². The molecule has 1 aromatic heterocycles. The molecule has 7 nitrogen and oxygen atoms in total. The molecule has 1 N–H and O–H groups in total. The molecule has 0 bridgehead atoms. The fourth-order valence-corrected chi connectivity index (χ4v) is 4.28. The number of hydrogen-bond acceptors (Lipinski definition) is 5. The lowest BCUT2D eigenvalue weighted by molar-refractivity contribution is -0.157. The number of halogens is 4. The van der Waals surface area contributed by atoms with E-state index in [0.717, 1.165) is 11.3 Å². The number of amides is 2. The molecule has 176 valence electrons. The molecule has 2 aromatic rings. The van der Waals surface area contributed by atoms with Gasteiger partial charge in [0.05, 0.1) is 24.6 Å². The molecule has 1 atom stereocenters. The van der Waals surface area contributed by atoms with Gasteiger partial charge in [-0.1, -0.05) is 30.4 Å². The van der Waals surface area contributed by atoms with Crippen molar-refractivity contribution in [3.05, 3.63) is 88.1 Å². The maximum Gasteiger partial charge on any atom is 0.468 e. The Hall–Kier alpha value is -3.89. The van der Waals surface area contributed by atoms with E-state index in [1.165, 1.54) is 17.0 Å². The number of aromatic nitrogens is 1. The Kier molecular flexibility index (Phi) is 5.07. The van der Waals surface area contributed by atoms with E-state index in [1.807, 2.05) is 12.2 Å². The second-order valence-corrected chi connectivity index (χ2v) is 8.20. The van der Waals surface area contributed by atoms with E-state index in [4.69, 9.17) is 4.42 Å². The lowest BCUT2D eigenvalue weighted by atomic mass is 9.88. The third-order valence-corrected chi connectivity index (χ3v) is 5.94. The molecule has 5 rings (SSSR count). The molecule has 2 aliphatic heterocycles. The summed E-state index contributed by atoms with van der Waals surface area (Å²) >= 11 is 0.